The van der Waals surface area contributed by atoms with E-state index in [0.29, 0.717) is 45.1 Å². The zero-order valence-electron chi connectivity index (χ0n) is 18.8. The van der Waals surface area contributed by atoms with E-state index in [-0.39, 0.29) is 17.3 Å². The summed E-state index contributed by atoms with van der Waals surface area (Å²) in [5.41, 5.74) is 7.47. The molecule has 1 unspecified atom stereocenters. The van der Waals surface area contributed by atoms with Crippen LogP contribution in [-0.4, -0.2) is 64.7 Å². The predicted octanol–water partition coefficient (Wildman–Crippen LogP) is 1.78. The first-order chi connectivity index (χ1) is 15.9. The molecule has 0 saturated carbocycles. The number of nitrogens with two attached hydrogens (primary N) is 1. The van der Waals surface area contributed by atoms with Gasteiger partial charge in [-0.3, -0.25) is 4.79 Å². The molecule has 3 N–H and O–H groups in total. The highest BCUT2D eigenvalue weighted by Crippen LogP contribution is 2.37. The van der Waals surface area contributed by atoms with Crippen molar-refractivity contribution in [2.24, 2.45) is 5.73 Å². The SMILES string of the molecule is Cc1ccc(S(=O)(=O)N2CC=C(C(=O)NCCOCCOCCN)C2c2ccccc2)cc1. The minimum Gasteiger partial charge on any atom is -0.378 e. The fraction of sp³-hybridized carbons (Fsp3) is 0.375. The molecule has 2 aromatic rings. The smallest absolute Gasteiger partial charge is 0.249 e. The van der Waals surface area contributed by atoms with E-state index in [1.54, 1.807) is 30.3 Å². The van der Waals surface area contributed by atoms with E-state index < -0.39 is 16.1 Å². The molecule has 1 aliphatic heterocycles. The molecule has 0 spiro atoms. The fourth-order valence-electron chi connectivity index (χ4n) is 3.59. The van der Waals surface area contributed by atoms with Crippen LogP contribution in [0.25, 0.3) is 0 Å². The van der Waals surface area contributed by atoms with Crippen LogP contribution in [0.2, 0.25) is 0 Å². The summed E-state index contributed by atoms with van der Waals surface area (Å²) in [6.07, 6.45) is 1.68. The molecule has 9 heteroatoms. The largest absolute Gasteiger partial charge is 0.378 e. The van der Waals surface area contributed by atoms with Crippen molar-refractivity contribution in [3.05, 3.63) is 77.4 Å². The summed E-state index contributed by atoms with van der Waals surface area (Å²) < 4.78 is 38.9. The molecule has 1 atom stereocenters. The Hall–Kier alpha value is -2.56. The Morgan fingerprint density at radius 2 is 1.70 bits per heavy atom. The highest BCUT2D eigenvalue weighted by Gasteiger charge is 2.40. The summed E-state index contributed by atoms with van der Waals surface area (Å²) in [5.74, 6) is -0.312. The lowest BCUT2D eigenvalue weighted by atomic mass is 10.0. The number of benzene rings is 2. The van der Waals surface area contributed by atoms with E-state index in [0.717, 1.165) is 11.1 Å². The molecular formula is C24H31N3O5S. The van der Waals surface area contributed by atoms with Gasteiger partial charge < -0.3 is 20.5 Å². The minimum absolute atomic E-state index is 0.119. The maximum absolute atomic E-state index is 13.4. The van der Waals surface area contributed by atoms with Crippen LogP contribution in [0.15, 0.2) is 71.1 Å². The monoisotopic (exact) mass is 473 g/mol. The lowest BCUT2D eigenvalue weighted by molar-refractivity contribution is -0.118. The molecule has 0 aliphatic carbocycles. The normalized spacial score (nSPS) is 16.5. The van der Waals surface area contributed by atoms with Gasteiger partial charge in [-0.05, 0) is 24.6 Å². The summed E-state index contributed by atoms with van der Waals surface area (Å²) >= 11 is 0. The van der Waals surface area contributed by atoms with Crippen molar-refractivity contribution in [1.82, 2.24) is 9.62 Å². The number of nitrogens with one attached hydrogen (secondary N) is 1. The molecule has 0 bridgehead atoms. The number of hydrogen-bond acceptors (Lipinski definition) is 6. The van der Waals surface area contributed by atoms with Gasteiger partial charge in [-0.15, -0.1) is 0 Å². The third-order valence-corrected chi connectivity index (χ3v) is 7.09. The molecule has 1 heterocycles. The van der Waals surface area contributed by atoms with E-state index in [2.05, 4.69) is 5.32 Å². The average molecular weight is 474 g/mol. The van der Waals surface area contributed by atoms with Crippen LogP contribution in [-0.2, 0) is 24.3 Å². The van der Waals surface area contributed by atoms with E-state index >= 15 is 0 Å². The number of carbonyl (C=O) groups is 1. The molecule has 0 radical (unpaired) electrons. The second-order valence-electron chi connectivity index (χ2n) is 7.63. The number of amides is 1. The maximum Gasteiger partial charge on any atom is 0.249 e. The van der Waals surface area contributed by atoms with Crippen molar-refractivity contribution in [3.63, 3.8) is 0 Å². The molecule has 178 valence electrons. The molecule has 8 nitrogen and oxygen atoms in total. The Kier molecular flexibility index (Phi) is 9.16. The number of hydrogen-bond donors (Lipinski definition) is 2. The van der Waals surface area contributed by atoms with Gasteiger partial charge in [0.25, 0.3) is 0 Å². The molecule has 1 aliphatic rings. The zero-order chi connectivity index (χ0) is 23.7. The topological polar surface area (TPSA) is 111 Å². The lowest BCUT2D eigenvalue weighted by Gasteiger charge is -2.27. The lowest BCUT2D eigenvalue weighted by Crippen LogP contribution is -2.36. The van der Waals surface area contributed by atoms with Gasteiger partial charge in [-0.1, -0.05) is 54.1 Å². The number of sulfonamides is 1. The molecule has 0 aromatic heterocycles. The quantitative estimate of drug-likeness (QED) is 0.455. The van der Waals surface area contributed by atoms with Gasteiger partial charge in [0.05, 0.1) is 37.4 Å². The molecule has 33 heavy (non-hydrogen) atoms. The number of rotatable bonds is 12. The fourth-order valence-corrected chi connectivity index (χ4v) is 5.12. The van der Waals surface area contributed by atoms with Crippen LogP contribution < -0.4 is 11.1 Å². The summed E-state index contributed by atoms with van der Waals surface area (Å²) in [4.78, 5) is 13.2. The Morgan fingerprint density at radius 3 is 2.36 bits per heavy atom. The van der Waals surface area contributed by atoms with Crippen LogP contribution in [0.5, 0.6) is 0 Å². The predicted molar refractivity (Wildman–Crippen MR) is 126 cm³/mol. The Bertz CT molecular complexity index is 1040. The van der Waals surface area contributed by atoms with Crippen LogP contribution in [0.3, 0.4) is 0 Å². The standard InChI is InChI=1S/C24H31N3O5S/c1-19-7-9-21(10-8-19)33(29,30)27-14-11-22(23(27)20-5-3-2-4-6-20)24(28)26-13-16-32-18-17-31-15-12-25/h2-11,23H,12-18,25H2,1H3,(H,26,28). The molecule has 1 amide bonds. The molecule has 3 rings (SSSR count). The number of carbonyl (C=O) groups excluding carboxylic acids is 1. The van der Waals surface area contributed by atoms with Crippen LogP contribution >= 0.6 is 0 Å². The van der Waals surface area contributed by atoms with Crippen molar-refractivity contribution in [3.8, 4) is 0 Å². The van der Waals surface area contributed by atoms with E-state index in [1.165, 1.54) is 4.31 Å². The highest BCUT2D eigenvalue weighted by atomic mass is 32.2. The van der Waals surface area contributed by atoms with Gasteiger partial charge in [0, 0.05) is 25.2 Å². The maximum atomic E-state index is 13.4. The van der Waals surface area contributed by atoms with Gasteiger partial charge >= 0.3 is 0 Å². The van der Waals surface area contributed by atoms with Crippen LogP contribution in [0, 0.1) is 6.92 Å². The van der Waals surface area contributed by atoms with E-state index in [1.807, 2.05) is 37.3 Å². The van der Waals surface area contributed by atoms with Gasteiger partial charge in [0.2, 0.25) is 15.9 Å². The Morgan fingerprint density at radius 1 is 1.03 bits per heavy atom. The third-order valence-electron chi connectivity index (χ3n) is 5.24. The first-order valence-corrected chi connectivity index (χ1v) is 12.4. The molecule has 2 aromatic carbocycles. The first-order valence-electron chi connectivity index (χ1n) is 10.9. The Balaban J connectivity index is 1.69. The second kappa shape index (κ2) is 12.1. The van der Waals surface area contributed by atoms with Gasteiger partial charge in [-0.2, -0.15) is 4.31 Å². The second-order valence-corrected chi connectivity index (χ2v) is 9.52. The number of aryl methyl sites for hydroxylation is 1. The Labute approximate surface area is 195 Å². The van der Waals surface area contributed by atoms with Crippen molar-refractivity contribution in [2.45, 2.75) is 17.9 Å². The van der Waals surface area contributed by atoms with Gasteiger partial charge in [0.1, 0.15) is 0 Å². The summed E-state index contributed by atoms with van der Waals surface area (Å²) in [6, 6.07) is 15.2. The number of nitrogens with zero attached hydrogens (tertiary/aromatic N) is 1. The molecular weight excluding hydrogens is 442 g/mol. The van der Waals surface area contributed by atoms with Crippen LogP contribution in [0.4, 0.5) is 0 Å². The zero-order valence-corrected chi connectivity index (χ0v) is 19.6. The third kappa shape index (κ3) is 6.49. The number of ether oxygens (including phenoxy) is 2. The van der Waals surface area contributed by atoms with Crippen molar-refractivity contribution < 1.29 is 22.7 Å². The van der Waals surface area contributed by atoms with Crippen molar-refractivity contribution in [1.29, 1.82) is 0 Å². The molecule has 0 saturated heterocycles. The average Bonchev–Trinajstić information content (AvgIpc) is 3.28. The van der Waals surface area contributed by atoms with E-state index in [4.69, 9.17) is 15.2 Å². The van der Waals surface area contributed by atoms with Crippen molar-refractivity contribution in [2.75, 3.05) is 46.1 Å². The molecule has 0 fully saturated rings. The van der Waals surface area contributed by atoms with Crippen molar-refractivity contribution >= 4 is 15.9 Å². The summed E-state index contributed by atoms with van der Waals surface area (Å²) in [6.45, 7) is 4.45. The summed E-state index contributed by atoms with van der Waals surface area (Å²) in [7, 11) is -3.81. The summed E-state index contributed by atoms with van der Waals surface area (Å²) in [5, 5.41) is 2.83. The van der Waals surface area contributed by atoms with Crippen LogP contribution in [0.1, 0.15) is 17.2 Å². The first kappa shape index (κ1) is 25.1. The van der Waals surface area contributed by atoms with E-state index in [9.17, 15) is 13.2 Å². The highest BCUT2D eigenvalue weighted by molar-refractivity contribution is 7.89. The minimum atomic E-state index is -3.81. The van der Waals surface area contributed by atoms with Gasteiger partial charge in [0.15, 0.2) is 0 Å². The van der Waals surface area contributed by atoms with Gasteiger partial charge in [-0.25, -0.2) is 8.42 Å².